The van der Waals surface area contributed by atoms with Gasteiger partial charge in [0.15, 0.2) is 78.0 Å². The highest BCUT2D eigenvalue weighted by atomic mass is 32.7. The molecule has 0 saturated carbocycles. The Bertz CT molecular complexity index is 6570. The lowest BCUT2D eigenvalue weighted by Crippen LogP contribution is -2.54. The van der Waals surface area contributed by atoms with Crippen LogP contribution in [0.15, 0.2) is 73.4 Å². The van der Waals surface area contributed by atoms with Gasteiger partial charge in [0.2, 0.25) is 11.9 Å². The molecule has 814 valence electrons. The molecule has 63 nitrogen and oxygen atoms in total. The number of carbonyl (C=O) groups excluding carboxylic acids is 1. The Morgan fingerprint density at radius 3 is 1.41 bits per heavy atom. The highest BCUT2D eigenvalue weighted by Gasteiger charge is 2.58. The van der Waals surface area contributed by atoms with Crippen LogP contribution < -0.4 is 75.9 Å². The van der Waals surface area contributed by atoms with Crippen LogP contribution in [0.3, 0.4) is 0 Å². The summed E-state index contributed by atoms with van der Waals surface area (Å²) in [5.74, 6) is -0.901. The molecule has 7 aliphatic rings. The number of aromatic nitrogens is 16. The Labute approximate surface area is 845 Å². The number of aliphatic hydroxyl groups is 2. The quantitative estimate of drug-likeness (QED) is 0.00974. The van der Waals surface area contributed by atoms with Gasteiger partial charge in [-0.3, -0.25) is 70.8 Å². The fourth-order valence-electron chi connectivity index (χ4n) is 16.9. The highest BCUT2D eigenvalue weighted by Crippen LogP contribution is 2.56. The number of urea groups is 1. The molecule has 0 radical (unpaired) electrons. The first-order valence-electron chi connectivity index (χ1n) is 44.8. The maximum absolute atomic E-state index is 15.6. The maximum atomic E-state index is 15.6. The van der Waals surface area contributed by atoms with Crippen molar-refractivity contribution in [1.29, 1.82) is 0 Å². The molecule has 7 aliphatic heterocycles. The Morgan fingerprint density at radius 1 is 0.456 bits per heavy atom. The third-order valence-electron chi connectivity index (χ3n) is 23.8. The number of hydrogen-bond acceptors (Lipinski definition) is 56. The van der Waals surface area contributed by atoms with E-state index in [1.807, 2.05) is 0 Å². The molecule has 15 rings (SSSR count). The summed E-state index contributed by atoms with van der Waals surface area (Å²) in [7, 11) is -5.83. The van der Waals surface area contributed by atoms with E-state index in [0.717, 1.165) is 43.7 Å². The van der Waals surface area contributed by atoms with E-state index in [1.165, 1.54) is 77.4 Å². The number of carbonyl (C=O) groups is 1. The summed E-state index contributed by atoms with van der Waals surface area (Å²) in [6, 6.07) is -1.07. The van der Waals surface area contributed by atoms with Crippen LogP contribution in [-0.4, -0.2) is 350 Å². The second-order valence-electron chi connectivity index (χ2n) is 33.6. The lowest BCUT2D eigenvalue weighted by molar-refractivity contribution is -0.241. The monoisotopic (exact) mass is 2230 g/mol. The van der Waals surface area contributed by atoms with Gasteiger partial charge in [0.25, 0.3) is 32.3 Å². The second kappa shape index (κ2) is 48.6. The summed E-state index contributed by atoms with van der Waals surface area (Å²) < 4.78 is 207. The van der Waals surface area contributed by atoms with Gasteiger partial charge in [0.1, 0.15) is 129 Å². The van der Waals surface area contributed by atoms with Crippen molar-refractivity contribution in [2.75, 3.05) is 158 Å². The minimum atomic E-state index is -6.26. The van der Waals surface area contributed by atoms with Crippen LogP contribution in [0.4, 0.5) is 28.3 Å². The van der Waals surface area contributed by atoms with Crippen LogP contribution in [-0.2, 0) is 171 Å². The van der Waals surface area contributed by atoms with Crippen molar-refractivity contribution < 1.29 is 169 Å². The smallest absolute Gasteiger partial charge is 0.351 e. The Balaban J connectivity index is 0.721. The molecule has 11 unspecified atom stereocenters. The van der Waals surface area contributed by atoms with Crippen molar-refractivity contribution in [3.63, 3.8) is 0 Å². The Kier molecular flexibility index (Phi) is 37.4. The molecule has 6 saturated heterocycles. The van der Waals surface area contributed by atoms with Crippen LogP contribution in [0, 0.1) is 13.8 Å². The number of imidazole rings is 3. The number of fused-ring (bicyclic) bond motifs is 3. The fourth-order valence-corrected chi connectivity index (χ4v) is 23.1. The predicted molar refractivity (Wildman–Crippen MR) is 499 cm³/mol. The molecule has 0 aromatic carbocycles. The zero-order valence-corrected chi connectivity index (χ0v) is 86.2. The largest absolute Gasteiger partial charge is 0.780 e. The summed E-state index contributed by atoms with van der Waals surface area (Å²) in [4.78, 5) is 182. The molecule has 6 fully saturated rings. The minimum absolute atomic E-state index is 0.0233. The molecular formula is C76H106N22O41P5S3-5. The number of aromatic amines is 3. The van der Waals surface area contributed by atoms with Gasteiger partial charge in [0.05, 0.1) is 130 Å². The van der Waals surface area contributed by atoms with E-state index in [0.29, 0.717) is 5.56 Å². The van der Waals surface area contributed by atoms with E-state index in [9.17, 15) is 43.9 Å². The Hall–Kier alpha value is -7.92. The van der Waals surface area contributed by atoms with Gasteiger partial charge in [-0.05, 0) is 32.8 Å². The fraction of sp³-hybridized carbons (Fsp3) is 0.658. The molecule has 8 aromatic heterocycles. The number of methoxy groups -OCH3 is 5. The third-order valence-corrected chi connectivity index (χ3v) is 30.4. The average Bonchev–Trinajstić information content (AvgIpc) is 1.60. The topological polar surface area (TPSA) is 821 Å². The van der Waals surface area contributed by atoms with Gasteiger partial charge in [-0.25, -0.2) is 39.3 Å². The molecule has 0 aliphatic carbocycles. The normalized spacial score (nSPS) is 30.1. The Morgan fingerprint density at radius 2 is 0.884 bits per heavy atom. The molecule has 15 heterocycles. The molecule has 147 heavy (non-hydrogen) atoms. The number of aryl methyl sites for hydroxylation is 2. The lowest BCUT2D eigenvalue weighted by Gasteiger charge is -2.36. The van der Waals surface area contributed by atoms with Gasteiger partial charge in [0, 0.05) is 71.7 Å². The molecule has 29 atom stereocenters. The van der Waals surface area contributed by atoms with Gasteiger partial charge in [-0.15, -0.1) is 0 Å². The number of nitrogens with one attached hydrogen (secondary N) is 4. The molecule has 71 heteroatoms. The van der Waals surface area contributed by atoms with Gasteiger partial charge < -0.3 is 191 Å². The molecule has 2 amide bonds. The van der Waals surface area contributed by atoms with Crippen molar-refractivity contribution in [3.8, 4) is 0 Å². The number of ether oxygens (including phenoxy) is 16. The van der Waals surface area contributed by atoms with Crippen LogP contribution in [0.1, 0.15) is 69.0 Å². The second-order valence-corrected chi connectivity index (χ2v) is 44.5. The number of nitrogens with two attached hydrogens (primary N) is 4. The van der Waals surface area contributed by atoms with Gasteiger partial charge in [-0.1, -0.05) is 30.5 Å². The minimum Gasteiger partial charge on any atom is -0.780 e. The number of nitrogens with zero attached hydrogens (tertiary/aromatic N) is 14. The van der Waals surface area contributed by atoms with Crippen LogP contribution in [0.25, 0.3) is 33.5 Å². The van der Waals surface area contributed by atoms with Crippen molar-refractivity contribution >= 4 is 135 Å². The number of H-pyrrole nitrogens is 3. The SMILES string of the molecule is CC[C@H]1O[C@@H](n2cnc3c(=O)[nH]c(N)nc32)C[C@H]1OP([O-])(=S)OC[C@H]1O[C@@H](n2cc(C)c(=O)[nH]c2=O)C(OCCOC)[C@H]1OP(=O)([O-])OC[C@H]1O[C@@H](n2cnc3c(=O)[nH]c(N)nc32)C(OCCOC)[C@H]1OP(=O)([O-])OC[C@H]1O[C@@H](N2C=C(C)C(O)NC2=O)C(OCCOC)[C@H]1OP(=O)([S-])OC[C@H]1O[C@@H](n2cnc3c(N)ncnc32)C(OCCOC)[C@H]1OP([O-])(=S)OC[C@H]1O[C@@H](n2cc(C)c(N)nc2=O)C(OCCOC)[C@H]1O. The zero-order valence-electron chi connectivity index (χ0n) is 79.3. The van der Waals surface area contributed by atoms with Crippen LogP contribution in [0.2, 0.25) is 0 Å². The average molecular weight is 2230 g/mol. The third kappa shape index (κ3) is 26.4. The van der Waals surface area contributed by atoms with E-state index in [2.05, 4.69) is 60.1 Å². The first kappa shape index (κ1) is 113. The van der Waals surface area contributed by atoms with Crippen molar-refractivity contribution in [2.24, 2.45) is 0 Å². The first-order chi connectivity index (χ1) is 70.0. The van der Waals surface area contributed by atoms with Gasteiger partial charge in [-0.2, -0.15) is 15.0 Å². The molecular weight excluding hydrogens is 2130 g/mol. The lowest BCUT2D eigenvalue weighted by atomic mass is 10.1. The number of aliphatic hydroxyl groups excluding tert-OH is 2. The first-order valence-corrected chi connectivity index (χ1v) is 55.4. The number of phosphoric ester groups is 2. The summed E-state index contributed by atoms with van der Waals surface area (Å²) in [6.07, 6.45) is -32.1. The number of amides is 2. The van der Waals surface area contributed by atoms with Crippen LogP contribution in [0.5, 0.6) is 0 Å². The molecule has 0 bridgehead atoms. The number of hydrogen-bond donors (Lipinski definition) is 10. The summed E-state index contributed by atoms with van der Waals surface area (Å²) >= 11 is 16.7. The van der Waals surface area contributed by atoms with E-state index >= 15 is 28.4 Å². The number of anilines is 4. The van der Waals surface area contributed by atoms with Crippen LogP contribution >= 0.6 is 35.9 Å². The number of rotatable bonds is 52. The van der Waals surface area contributed by atoms with Crippen molar-refractivity contribution in [3.05, 3.63) is 113 Å². The molecule has 0 spiro atoms. The summed E-state index contributed by atoms with van der Waals surface area (Å²) in [5, 5.41) is 25.0. The van der Waals surface area contributed by atoms with E-state index in [1.54, 1.807) is 13.8 Å². The molecule has 8 aromatic rings. The maximum Gasteiger partial charge on any atom is 0.351 e. The van der Waals surface area contributed by atoms with E-state index in [4.69, 9.17) is 180 Å². The van der Waals surface area contributed by atoms with Gasteiger partial charge >= 0.3 is 17.4 Å². The number of phosphoric acid groups is 2. The van der Waals surface area contributed by atoms with Crippen molar-refractivity contribution in [2.45, 2.75) is 188 Å². The number of nitrogen functional groups attached to an aromatic ring is 4. The predicted octanol–water partition coefficient (Wildman–Crippen LogP) is -4.61. The highest BCUT2D eigenvalue weighted by molar-refractivity contribution is 8.32. The zero-order chi connectivity index (χ0) is 106. The van der Waals surface area contributed by atoms with E-state index < -0.39 is 276 Å². The summed E-state index contributed by atoms with van der Waals surface area (Å²) in [6.45, 7) is -17.4. The molecule has 14 N–H and O–H groups in total. The standard InChI is InChI=1S/C76H111N22O41P5S3/c1-10-37-38(21-44(129-37)96-31-84-46-61(96)87-72(79)89-65(46)102)135-142(111,145)127-28-42-50(54(120-17-12-115-6)68(132-42)94-23-35(3)63(100)91-75(94)105)137-140(107,108)124-26-40-49(55(121-18-13-116-7)71(133-40)98-33-85-47-62(98)88-73(80)90-66(47)103)136-141(109,110)125-27-41-51(56(122-19-14-117-8)69(131-41)95-24-36(4)64(101)92-76(95)106)138-144(113,147)128-29-43-52(57(123-20-15-118-9)70(134-43)97-32-83-45-59(78)81-30-82-60(45)97)139-143(112,146)126-25-39-48(99)53(119-16-11-114-5)67(130-39)93-22-34(2)58(77)86-74(93)104/h22-24,30-33,37-44,48-57,64,67-71,99,101H,10-21,25-29H2,1-9H3,(H,92,106)(H,107,108)(H,109,110)(H,111,145)(H,112,146)(H,113,147)(H2,77,86,104)(H2,78,81,82)(H,91,100,105)(H3,79,87,89,102)(H3,80,88,90,103)/p-5/t37-,38-,39-,40-,41-,42-,43-,44-,48+,49+,50+,51+,52+,53?,54?,55?,56?,57?,64?,67-,68-,69-,70-,71-,142?,143?,144?/m1/s1. The van der Waals surface area contributed by atoms with E-state index in [-0.39, 0.29) is 121 Å². The van der Waals surface area contributed by atoms with Crippen molar-refractivity contribution in [1.82, 2.24) is 87.9 Å². The summed E-state index contributed by atoms with van der Waals surface area (Å²) in [5.41, 5.74) is 19.4.